The van der Waals surface area contributed by atoms with Crippen LogP contribution in [0.4, 0.5) is 32.4 Å². The molecule has 0 aromatic heterocycles. The van der Waals surface area contributed by atoms with E-state index in [1.807, 2.05) is 0 Å². The van der Waals surface area contributed by atoms with Gasteiger partial charge < -0.3 is 15.4 Å². The van der Waals surface area contributed by atoms with Crippen LogP contribution in [0.25, 0.3) is 0 Å². The van der Waals surface area contributed by atoms with Crippen LogP contribution in [0.2, 0.25) is 0 Å². The Morgan fingerprint density at radius 2 is 1.69 bits per heavy atom. The zero-order valence-electron chi connectivity index (χ0n) is 26.4. The first kappa shape index (κ1) is 36.8. The third-order valence-corrected chi connectivity index (χ3v) is 9.11. The summed E-state index contributed by atoms with van der Waals surface area (Å²) in [6, 6.07) is 12.5. The normalized spacial score (nSPS) is 20.4. The van der Waals surface area contributed by atoms with E-state index in [0.717, 1.165) is 63.7 Å². The Kier molecular flexibility index (Phi) is 12.6. The van der Waals surface area contributed by atoms with E-state index in [4.69, 9.17) is 8.95 Å². The fourth-order valence-corrected chi connectivity index (χ4v) is 6.75. The molecule has 3 aliphatic heterocycles. The van der Waals surface area contributed by atoms with Crippen molar-refractivity contribution in [2.24, 2.45) is 0 Å². The van der Waals surface area contributed by atoms with E-state index in [2.05, 4.69) is 40.0 Å². The molecule has 3 aromatic carbocycles. The maximum atomic E-state index is 15.4. The lowest BCUT2D eigenvalue weighted by atomic mass is 9.83. The maximum absolute atomic E-state index is 15.4. The second-order valence-corrected chi connectivity index (χ2v) is 11.8. The van der Waals surface area contributed by atoms with E-state index >= 15 is 4.39 Å². The molecule has 8 nitrogen and oxygen atoms in total. The number of rotatable bonds is 9. The molecule has 0 aliphatic carbocycles. The number of hydrogen-bond donors (Lipinski definition) is 2. The number of carbonyl (C=O) groups excluding carboxylic acids is 2. The fraction of sp³-hybridized carbons (Fsp3) is 0.412. The molecular formula is C34H37F5N4O4S. The minimum Gasteiger partial charge on any atom is -0.453 e. The summed E-state index contributed by atoms with van der Waals surface area (Å²) in [6.07, 6.45) is -1.37. The SMILES string of the molecule is COC(=O)N[C@H](C(=O)Nc1cccc(F)c1CCC1N2CCCC(CC2)N1C)[C@@H](c1ccc(F)cc1)c1cccc(C(F)(F)F)c1.O=S. The Labute approximate surface area is 281 Å². The van der Waals surface area contributed by atoms with Crippen LogP contribution in [0.3, 0.4) is 0 Å². The maximum Gasteiger partial charge on any atom is 0.416 e. The number of halogens is 5. The van der Waals surface area contributed by atoms with Crippen LogP contribution >= 0.6 is 0 Å². The zero-order chi connectivity index (χ0) is 35.0. The number of alkyl halides is 3. The molecular weight excluding hydrogens is 655 g/mol. The van der Waals surface area contributed by atoms with Gasteiger partial charge in [0.05, 0.1) is 18.8 Å². The highest BCUT2D eigenvalue weighted by Gasteiger charge is 2.38. The Hall–Kier alpha value is -4.01. The molecule has 0 saturated carbocycles. The van der Waals surface area contributed by atoms with Crippen molar-refractivity contribution in [2.75, 3.05) is 32.6 Å². The number of fused-ring (bicyclic) bond motifs is 4. The molecule has 3 heterocycles. The van der Waals surface area contributed by atoms with Gasteiger partial charge in [0.25, 0.3) is 0 Å². The van der Waals surface area contributed by atoms with E-state index < -0.39 is 47.3 Å². The van der Waals surface area contributed by atoms with Crippen molar-refractivity contribution >= 4 is 30.2 Å². The van der Waals surface area contributed by atoms with Crippen molar-refractivity contribution in [3.8, 4) is 0 Å². The van der Waals surface area contributed by atoms with Crippen LogP contribution in [-0.4, -0.2) is 71.5 Å². The summed E-state index contributed by atoms with van der Waals surface area (Å²) in [5.74, 6) is -3.14. The number of amides is 2. The first-order valence-electron chi connectivity index (χ1n) is 15.4. The van der Waals surface area contributed by atoms with Crippen molar-refractivity contribution in [3.05, 3.63) is 101 Å². The second-order valence-electron chi connectivity index (χ2n) is 11.8. The zero-order valence-corrected chi connectivity index (χ0v) is 27.3. The Bertz CT molecular complexity index is 1560. The summed E-state index contributed by atoms with van der Waals surface area (Å²) in [5.41, 5.74) is -0.204. The minimum atomic E-state index is -4.69. The van der Waals surface area contributed by atoms with Crippen LogP contribution in [-0.2, 0) is 34.7 Å². The summed E-state index contributed by atoms with van der Waals surface area (Å²) < 4.78 is 83.0. The van der Waals surface area contributed by atoms with Gasteiger partial charge in [-0.05, 0) is 87.2 Å². The van der Waals surface area contributed by atoms with Crippen molar-refractivity contribution in [1.82, 2.24) is 15.1 Å². The number of anilines is 1. The van der Waals surface area contributed by atoms with Crippen molar-refractivity contribution < 1.29 is 40.5 Å². The molecule has 14 heteroatoms. The topological polar surface area (TPSA) is 91.0 Å². The average molecular weight is 693 g/mol. The second kappa shape index (κ2) is 16.4. The molecule has 5 atom stereocenters. The molecule has 3 unspecified atom stereocenters. The van der Waals surface area contributed by atoms with E-state index in [9.17, 15) is 27.2 Å². The molecule has 0 spiro atoms. The van der Waals surface area contributed by atoms with Crippen LogP contribution in [0, 0.1) is 11.6 Å². The Morgan fingerprint density at radius 3 is 2.38 bits per heavy atom. The number of benzene rings is 3. The van der Waals surface area contributed by atoms with Gasteiger partial charge in [0.15, 0.2) is 12.5 Å². The first-order valence-corrected chi connectivity index (χ1v) is 15.8. The van der Waals surface area contributed by atoms with Gasteiger partial charge in [0.2, 0.25) is 5.91 Å². The molecule has 2 amide bonds. The molecule has 2 N–H and O–H groups in total. The summed E-state index contributed by atoms with van der Waals surface area (Å²) in [4.78, 5) is 31.3. The highest BCUT2D eigenvalue weighted by atomic mass is 32.1. The van der Waals surface area contributed by atoms with Gasteiger partial charge in [-0.25, -0.2) is 13.6 Å². The van der Waals surface area contributed by atoms with Crippen molar-refractivity contribution in [1.29, 1.82) is 0 Å². The number of nitrogens with zero attached hydrogens (tertiary/aromatic N) is 2. The number of alkyl carbamates (subject to hydrolysis) is 1. The average Bonchev–Trinajstić information content (AvgIpc) is 3.40. The lowest BCUT2D eigenvalue weighted by Crippen LogP contribution is -2.54. The number of methoxy groups -OCH3 is 1. The molecule has 3 aromatic rings. The Balaban J connectivity index is 0.00000255. The molecule has 3 aliphatic rings. The molecule has 258 valence electrons. The predicted octanol–water partition coefficient (Wildman–Crippen LogP) is 6.20. The van der Waals surface area contributed by atoms with E-state index in [1.54, 1.807) is 6.07 Å². The number of nitrogens with one attached hydrogen (secondary N) is 2. The van der Waals surface area contributed by atoms with Gasteiger partial charge in [0, 0.05) is 29.8 Å². The highest BCUT2D eigenvalue weighted by Crippen LogP contribution is 2.36. The highest BCUT2D eigenvalue weighted by molar-refractivity contribution is 7.44. The monoisotopic (exact) mass is 692 g/mol. The number of hydrogen-bond acceptors (Lipinski definition) is 7. The summed E-state index contributed by atoms with van der Waals surface area (Å²) >= 11 is 2.83. The summed E-state index contributed by atoms with van der Waals surface area (Å²) in [7, 11) is 3.17. The fourth-order valence-electron chi connectivity index (χ4n) is 6.75. The third kappa shape index (κ3) is 8.71. The van der Waals surface area contributed by atoms with Gasteiger partial charge in [0.1, 0.15) is 17.7 Å². The van der Waals surface area contributed by atoms with Crippen molar-refractivity contribution in [3.63, 3.8) is 0 Å². The molecule has 0 radical (unpaired) electrons. The quantitative estimate of drug-likeness (QED) is 0.258. The predicted molar refractivity (Wildman–Crippen MR) is 171 cm³/mol. The standard InChI is InChI=1S/C34H37F5N4O3.OS/c1-42-25-8-5-18-43(19-17-25)29(42)16-15-26-27(36)9-4-10-28(26)40-32(44)31(41-33(45)46-2)30(21-11-13-24(35)14-12-21)22-6-3-7-23(20-22)34(37,38)39;1-2/h3-4,6-7,9-14,20,25,29-31H,5,8,15-19H2,1-2H3,(H,40,44)(H,41,45);/t25?,29?,30-,31-;/m0./s1. The lowest BCUT2D eigenvalue weighted by molar-refractivity contribution is -0.137. The van der Waals surface area contributed by atoms with E-state index in [0.29, 0.717) is 18.9 Å². The summed E-state index contributed by atoms with van der Waals surface area (Å²) in [5, 5.41) is 5.18. The number of carbonyl (C=O) groups is 2. The van der Waals surface area contributed by atoms with Crippen molar-refractivity contribution in [2.45, 2.75) is 62.4 Å². The molecule has 6 rings (SSSR count). The van der Waals surface area contributed by atoms with Crippen LogP contribution in [0.5, 0.6) is 0 Å². The van der Waals surface area contributed by atoms with Gasteiger partial charge in [-0.3, -0.25) is 14.6 Å². The molecule has 3 fully saturated rings. The molecule has 2 bridgehead atoms. The van der Waals surface area contributed by atoms with Crippen LogP contribution in [0.1, 0.15) is 53.9 Å². The number of ether oxygens (including phenoxy) is 1. The molecule has 3 saturated heterocycles. The smallest absolute Gasteiger partial charge is 0.416 e. The van der Waals surface area contributed by atoms with Crippen LogP contribution in [0.15, 0.2) is 66.7 Å². The van der Waals surface area contributed by atoms with Gasteiger partial charge >= 0.3 is 12.3 Å². The largest absolute Gasteiger partial charge is 0.453 e. The van der Waals surface area contributed by atoms with Crippen LogP contribution < -0.4 is 10.6 Å². The Morgan fingerprint density at radius 1 is 0.979 bits per heavy atom. The first-order chi connectivity index (χ1) is 23.0. The van der Waals surface area contributed by atoms with E-state index in [-0.39, 0.29) is 28.5 Å². The minimum absolute atomic E-state index is 0.0398. The third-order valence-electron chi connectivity index (χ3n) is 9.11. The van der Waals surface area contributed by atoms with Gasteiger partial charge in [-0.15, -0.1) is 0 Å². The van der Waals surface area contributed by atoms with Gasteiger partial charge in [-0.1, -0.05) is 36.4 Å². The van der Waals surface area contributed by atoms with Gasteiger partial charge in [-0.2, -0.15) is 17.4 Å². The lowest BCUT2D eigenvalue weighted by Gasteiger charge is -2.44. The molecule has 48 heavy (non-hydrogen) atoms. The summed E-state index contributed by atoms with van der Waals surface area (Å²) in [6.45, 7) is 1.94. The van der Waals surface area contributed by atoms with E-state index in [1.165, 1.54) is 36.4 Å².